The Morgan fingerprint density at radius 3 is 2.76 bits per heavy atom. The fourth-order valence-corrected chi connectivity index (χ4v) is 4.55. The van der Waals surface area contributed by atoms with Crippen LogP contribution in [0.5, 0.6) is 0 Å². The van der Waals surface area contributed by atoms with Crippen molar-refractivity contribution in [3.05, 3.63) is 29.8 Å². The molecule has 1 unspecified atom stereocenters. The van der Waals surface area contributed by atoms with Crippen molar-refractivity contribution in [1.82, 2.24) is 9.62 Å². The highest BCUT2D eigenvalue weighted by molar-refractivity contribution is 7.89. The SMILES string of the molecule is CC(=O)NCCOC(=O)c1cccc(S(=O)(=O)N2CCCCC2C)c1. The molecule has 0 aliphatic carbocycles. The number of carbonyl (C=O) groups is 2. The van der Waals surface area contributed by atoms with Gasteiger partial charge in [-0.25, -0.2) is 13.2 Å². The van der Waals surface area contributed by atoms with E-state index in [1.807, 2.05) is 6.92 Å². The van der Waals surface area contributed by atoms with Crippen molar-refractivity contribution in [3.63, 3.8) is 0 Å². The second kappa shape index (κ2) is 8.44. The summed E-state index contributed by atoms with van der Waals surface area (Å²) in [5.74, 6) is -0.825. The first-order valence-electron chi connectivity index (χ1n) is 8.36. The van der Waals surface area contributed by atoms with Crippen LogP contribution in [0.15, 0.2) is 29.2 Å². The maximum atomic E-state index is 12.8. The molecule has 1 amide bonds. The van der Waals surface area contributed by atoms with Gasteiger partial charge in [0.1, 0.15) is 6.61 Å². The maximum Gasteiger partial charge on any atom is 0.338 e. The number of benzene rings is 1. The van der Waals surface area contributed by atoms with Crippen LogP contribution in [0.1, 0.15) is 43.5 Å². The molecule has 0 radical (unpaired) electrons. The molecule has 1 aromatic carbocycles. The molecule has 8 heteroatoms. The quantitative estimate of drug-likeness (QED) is 0.607. The maximum absolute atomic E-state index is 12.8. The molecule has 1 fully saturated rings. The number of hydrogen-bond acceptors (Lipinski definition) is 5. The molecule has 0 spiro atoms. The van der Waals surface area contributed by atoms with E-state index in [-0.39, 0.29) is 35.6 Å². The molecule has 25 heavy (non-hydrogen) atoms. The fraction of sp³-hybridized carbons (Fsp3) is 0.529. The van der Waals surface area contributed by atoms with E-state index in [1.165, 1.54) is 35.5 Å². The van der Waals surface area contributed by atoms with Crippen molar-refractivity contribution in [2.75, 3.05) is 19.7 Å². The van der Waals surface area contributed by atoms with E-state index in [0.29, 0.717) is 6.54 Å². The summed E-state index contributed by atoms with van der Waals surface area (Å²) in [5.41, 5.74) is 0.175. The lowest BCUT2D eigenvalue weighted by molar-refractivity contribution is -0.119. The summed E-state index contributed by atoms with van der Waals surface area (Å²) in [6.07, 6.45) is 2.70. The predicted molar refractivity (Wildman–Crippen MR) is 92.6 cm³/mol. The minimum absolute atomic E-state index is 0.0263. The summed E-state index contributed by atoms with van der Waals surface area (Å²) < 4.78 is 32.2. The number of nitrogens with zero attached hydrogens (tertiary/aromatic N) is 1. The topological polar surface area (TPSA) is 92.8 Å². The number of rotatable bonds is 6. The van der Waals surface area contributed by atoms with Gasteiger partial charge >= 0.3 is 5.97 Å². The van der Waals surface area contributed by atoms with Crippen molar-refractivity contribution in [3.8, 4) is 0 Å². The molecule has 1 heterocycles. The Hall–Kier alpha value is -1.93. The van der Waals surface area contributed by atoms with Crippen molar-refractivity contribution in [2.45, 2.75) is 44.0 Å². The molecule has 1 N–H and O–H groups in total. The van der Waals surface area contributed by atoms with Gasteiger partial charge in [0, 0.05) is 19.5 Å². The van der Waals surface area contributed by atoms with Gasteiger partial charge in [0.25, 0.3) is 0 Å². The van der Waals surface area contributed by atoms with Crippen LogP contribution in [0, 0.1) is 0 Å². The Labute approximate surface area is 148 Å². The molecule has 1 aromatic rings. The summed E-state index contributed by atoms with van der Waals surface area (Å²) in [6.45, 7) is 4.01. The van der Waals surface area contributed by atoms with Crippen LogP contribution in [0.2, 0.25) is 0 Å². The molecular weight excluding hydrogens is 344 g/mol. The average Bonchev–Trinajstić information content (AvgIpc) is 2.58. The molecule has 1 aliphatic rings. The summed E-state index contributed by atoms with van der Waals surface area (Å²) in [4.78, 5) is 22.9. The van der Waals surface area contributed by atoms with Gasteiger partial charge in [0.2, 0.25) is 15.9 Å². The summed E-state index contributed by atoms with van der Waals surface area (Å²) in [7, 11) is -3.64. The van der Waals surface area contributed by atoms with E-state index in [4.69, 9.17) is 4.74 Å². The number of piperidine rings is 1. The normalized spacial score (nSPS) is 18.6. The number of esters is 1. The number of ether oxygens (including phenoxy) is 1. The van der Waals surface area contributed by atoms with Gasteiger partial charge in [0.05, 0.1) is 17.0 Å². The third-order valence-electron chi connectivity index (χ3n) is 4.13. The lowest BCUT2D eigenvalue weighted by atomic mass is 10.1. The van der Waals surface area contributed by atoms with Crippen LogP contribution in [-0.4, -0.2) is 50.3 Å². The smallest absolute Gasteiger partial charge is 0.338 e. The van der Waals surface area contributed by atoms with E-state index < -0.39 is 16.0 Å². The molecule has 0 bridgehead atoms. The van der Waals surface area contributed by atoms with Gasteiger partial charge in [-0.15, -0.1) is 0 Å². The second-order valence-corrected chi connectivity index (χ2v) is 8.00. The van der Waals surface area contributed by atoms with Gasteiger partial charge in [-0.2, -0.15) is 4.31 Å². The van der Waals surface area contributed by atoms with Crippen LogP contribution >= 0.6 is 0 Å². The number of nitrogens with one attached hydrogen (secondary N) is 1. The standard InChI is InChI=1S/C17H24N2O5S/c1-13-6-3-4-10-19(13)25(22,23)16-8-5-7-15(12-16)17(21)24-11-9-18-14(2)20/h5,7-8,12-13H,3-4,6,9-11H2,1-2H3,(H,18,20). The van der Waals surface area contributed by atoms with Gasteiger partial charge in [0.15, 0.2) is 0 Å². The first kappa shape index (κ1) is 19.4. The van der Waals surface area contributed by atoms with E-state index in [0.717, 1.165) is 19.3 Å². The zero-order valence-corrected chi connectivity index (χ0v) is 15.3. The molecule has 138 valence electrons. The summed E-state index contributed by atoms with van der Waals surface area (Å²) >= 11 is 0. The summed E-state index contributed by atoms with van der Waals surface area (Å²) in [6, 6.07) is 5.83. The van der Waals surface area contributed by atoms with Crippen molar-refractivity contribution in [2.24, 2.45) is 0 Å². The van der Waals surface area contributed by atoms with E-state index in [1.54, 1.807) is 0 Å². The molecular formula is C17H24N2O5S. The zero-order valence-electron chi connectivity index (χ0n) is 14.5. The van der Waals surface area contributed by atoms with Crippen LogP contribution < -0.4 is 5.32 Å². The fourth-order valence-electron chi connectivity index (χ4n) is 2.80. The lowest BCUT2D eigenvalue weighted by Crippen LogP contribution is -2.41. The van der Waals surface area contributed by atoms with Gasteiger partial charge in [-0.3, -0.25) is 4.79 Å². The highest BCUT2D eigenvalue weighted by Crippen LogP contribution is 2.25. The largest absolute Gasteiger partial charge is 0.460 e. The molecule has 1 atom stereocenters. The van der Waals surface area contributed by atoms with Gasteiger partial charge in [-0.1, -0.05) is 12.5 Å². The Balaban J connectivity index is 2.09. The molecule has 0 aromatic heterocycles. The molecule has 1 aliphatic heterocycles. The van der Waals surface area contributed by atoms with Gasteiger partial charge < -0.3 is 10.1 Å². The molecule has 1 saturated heterocycles. The first-order chi connectivity index (χ1) is 11.8. The predicted octanol–water partition coefficient (Wildman–Crippen LogP) is 1.54. The van der Waals surface area contributed by atoms with E-state index in [9.17, 15) is 18.0 Å². The Kier molecular flexibility index (Phi) is 6.55. The van der Waals surface area contributed by atoms with Crippen LogP contribution in [-0.2, 0) is 19.6 Å². The van der Waals surface area contributed by atoms with E-state index >= 15 is 0 Å². The Morgan fingerprint density at radius 1 is 1.32 bits per heavy atom. The molecule has 7 nitrogen and oxygen atoms in total. The Bertz CT molecular complexity index is 732. The van der Waals surface area contributed by atoms with Crippen molar-refractivity contribution in [1.29, 1.82) is 0 Å². The number of hydrogen-bond donors (Lipinski definition) is 1. The highest BCUT2D eigenvalue weighted by atomic mass is 32.2. The monoisotopic (exact) mass is 368 g/mol. The zero-order chi connectivity index (χ0) is 18.4. The van der Waals surface area contributed by atoms with Crippen molar-refractivity contribution < 1.29 is 22.7 Å². The second-order valence-electron chi connectivity index (χ2n) is 6.11. The van der Waals surface area contributed by atoms with Crippen LogP contribution in [0.3, 0.4) is 0 Å². The Morgan fingerprint density at radius 2 is 2.08 bits per heavy atom. The minimum Gasteiger partial charge on any atom is -0.460 e. The van der Waals surface area contributed by atoms with Crippen LogP contribution in [0.4, 0.5) is 0 Å². The molecule has 0 saturated carbocycles. The van der Waals surface area contributed by atoms with Crippen LogP contribution in [0.25, 0.3) is 0 Å². The summed E-state index contributed by atoms with van der Waals surface area (Å²) in [5, 5.41) is 2.52. The minimum atomic E-state index is -3.64. The number of amides is 1. The van der Waals surface area contributed by atoms with Crippen molar-refractivity contribution >= 4 is 21.9 Å². The molecule has 2 rings (SSSR count). The number of sulfonamides is 1. The highest BCUT2D eigenvalue weighted by Gasteiger charge is 2.31. The van der Waals surface area contributed by atoms with E-state index in [2.05, 4.69) is 5.32 Å². The first-order valence-corrected chi connectivity index (χ1v) is 9.80. The lowest BCUT2D eigenvalue weighted by Gasteiger charge is -2.32. The van der Waals surface area contributed by atoms with Gasteiger partial charge in [-0.05, 0) is 38.0 Å². The average molecular weight is 368 g/mol. The third-order valence-corrected chi connectivity index (χ3v) is 6.14. The number of carbonyl (C=O) groups excluding carboxylic acids is 2. The third kappa shape index (κ3) is 5.02.